The van der Waals surface area contributed by atoms with Gasteiger partial charge in [-0.2, -0.15) is 0 Å². The fourth-order valence-electron chi connectivity index (χ4n) is 3.24. The third-order valence-corrected chi connectivity index (χ3v) is 4.57. The number of nitrogens with one attached hydrogen (secondary N) is 1. The molecule has 5 nitrogen and oxygen atoms in total. The molecule has 6 heteroatoms. The van der Waals surface area contributed by atoms with E-state index in [-0.39, 0.29) is 0 Å². The number of primary amides is 1. The lowest BCUT2D eigenvalue weighted by atomic mass is 9.81. The molecule has 2 amide bonds. The number of hydrogen-bond donors (Lipinski definition) is 2. The molecule has 1 fully saturated rings. The van der Waals surface area contributed by atoms with Crippen LogP contribution in [0.5, 0.6) is 0 Å². The molecule has 0 spiro atoms. The Labute approximate surface area is 140 Å². The first-order valence-electron chi connectivity index (χ1n) is 7.54. The fraction of sp³-hybridized carbons (Fsp3) is 0.294. The molecule has 1 aromatic carbocycles. The van der Waals surface area contributed by atoms with E-state index in [0.29, 0.717) is 24.5 Å². The summed E-state index contributed by atoms with van der Waals surface area (Å²) in [5.74, 6) is 0. The number of nitrogens with two attached hydrogens (primary N) is 1. The maximum atomic E-state index is 12.1. The number of rotatable bonds is 3. The van der Waals surface area contributed by atoms with E-state index in [1.165, 1.54) is 0 Å². The average molecular weight is 331 g/mol. The van der Waals surface area contributed by atoms with E-state index < -0.39 is 11.6 Å². The molecule has 3 rings (SSSR count). The van der Waals surface area contributed by atoms with Gasteiger partial charge in [0, 0.05) is 43.5 Å². The fourth-order valence-corrected chi connectivity index (χ4v) is 3.36. The van der Waals surface area contributed by atoms with E-state index in [2.05, 4.69) is 10.3 Å². The first-order chi connectivity index (χ1) is 11.1. The third kappa shape index (κ3) is 3.16. The van der Waals surface area contributed by atoms with Crippen molar-refractivity contribution in [3.63, 3.8) is 0 Å². The van der Waals surface area contributed by atoms with Crippen LogP contribution in [0.15, 0.2) is 48.8 Å². The minimum atomic E-state index is -0.544. The van der Waals surface area contributed by atoms with Gasteiger partial charge in [0.25, 0.3) is 0 Å². The van der Waals surface area contributed by atoms with Gasteiger partial charge in [-0.25, -0.2) is 4.79 Å². The lowest BCUT2D eigenvalue weighted by Crippen LogP contribution is -2.63. The summed E-state index contributed by atoms with van der Waals surface area (Å²) in [5.41, 5.74) is 7.20. The Hall–Kier alpha value is -2.11. The van der Waals surface area contributed by atoms with Crippen molar-refractivity contribution in [2.75, 3.05) is 19.6 Å². The minimum Gasteiger partial charge on any atom is -0.351 e. The molecule has 2 aromatic rings. The monoisotopic (exact) mass is 330 g/mol. The Kier molecular flexibility index (Phi) is 4.50. The quantitative estimate of drug-likeness (QED) is 0.906. The van der Waals surface area contributed by atoms with Crippen LogP contribution in [0, 0.1) is 0 Å². The number of pyridine rings is 1. The molecule has 1 saturated heterocycles. The van der Waals surface area contributed by atoms with E-state index in [9.17, 15) is 4.79 Å². The first kappa shape index (κ1) is 15.8. The smallest absolute Gasteiger partial charge is 0.315 e. The number of benzene rings is 1. The molecule has 23 heavy (non-hydrogen) atoms. The van der Waals surface area contributed by atoms with Gasteiger partial charge in [-0.1, -0.05) is 29.8 Å². The molecule has 1 aromatic heterocycles. The van der Waals surface area contributed by atoms with E-state index in [0.717, 1.165) is 17.7 Å². The van der Waals surface area contributed by atoms with Crippen molar-refractivity contribution in [2.24, 2.45) is 5.73 Å². The predicted molar refractivity (Wildman–Crippen MR) is 90.2 cm³/mol. The van der Waals surface area contributed by atoms with Gasteiger partial charge in [-0.3, -0.25) is 4.98 Å². The standard InChI is InChI=1S/C17H19ClN4O/c18-15-5-3-14(4-6-15)17(10-13-2-1-7-20-11-13)12-21-8-9-22(17)16(19)23/h1-7,11,21H,8-10,12H2,(H2,19,23). The summed E-state index contributed by atoms with van der Waals surface area (Å²) < 4.78 is 0. The lowest BCUT2D eigenvalue weighted by Gasteiger charge is -2.47. The molecule has 0 bridgehead atoms. The summed E-state index contributed by atoms with van der Waals surface area (Å²) in [6.07, 6.45) is 4.20. The molecule has 3 N–H and O–H groups in total. The molecule has 0 radical (unpaired) electrons. The molecule has 1 atom stereocenters. The second-order valence-corrected chi connectivity index (χ2v) is 6.18. The van der Waals surface area contributed by atoms with Crippen LogP contribution >= 0.6 is 11.6 Å². The number of amides is 2. The molecule has 1 aliphatic heterocycles. The van der Waals surface area contributed by atoms with E-state index in [1.807, 2.05) is 42.6 Å². The van der Waals surface area contributed by atoms with Crippen molar-refractivity contribution >= 4 is 17.6 Å². The van der Waals surface area contributed by atoms with Gasteiger partial charge in [-0.05, 0) is 29.3 Å². The van der Waals surface area contributed by atoms with E-state index in [4.69, 9.17) is 17.3 Å². The number of carbonyl (C=O) groups is 1. The summed E-state index contributed by atoms with van der Waals surface area (Å²) >= 11 is 6.02. The summed E-state index contributed by atoms with van der Waals surface area (Å²) in [6, 6.07) is 11.1. The van der Waals surface area contributed by atoms with Crippen LogP contribution in [0.1, 0.15) is 11.1 Å². The van der Waals surface area contributed by atoms with Gasteiger partial charge in [0.05, 0.1) is 5.54 Å². The highest BCUT2D eigenvalue weighted by Crippen LogP contribution is 2.34. The second-order valence-electron chi connectivity index (χ2n) is 5.74. The van der Waals surface area contributed by atoms with E-state index in [1.54, 1.807) is 11.1 Å². The summed E-state index contributed by atoms with van der Waals surface area (Å²) in [6.45, 7) is 1.93. The molecule has 1 aliphatic rings. The van der Waals surface area contributed by atoms with Gasteiger partial charge in [0.1, 0.15) is 0 Å². The van der Waals surface area contributed by atoms with Crippen LogP contribution in [-0.4, -0.2) is 35.5 Å². The number of nitrogens with zero attached hydrogens (tertiary/aromatic N) is 2. The van der Waals surface area contributed by atoms with Crippen molar-refractivity contribution in [1.29, 1.82) is 0 Å². The van der Waals surface area contributed by atoms with Crippen molar-refractivity contribution in [2.45, 2.75) is 12.0 Å². The maximum Gasteiger partial charge on any atom is 0.315 e. The van der Waals surface area contributed by atoms with Gasteiger partial charge in [0.15, 0.2) is 0 Å². The Morgan fingerprint density at radius 2 is 2.13 bits per heavy atom. The summed E-state index contributed by atoms with van der Waals surface area (Å²) in [7, 11) is 0. The highest BCUT2D eigenvalue weighted by Gasteiger charge is 2.42. The number of urea groups is 1. The van der Waals surface area contributed by atoms with Crippen molar-refractivity contribution in [3.8, 4) is 0 Å². The maximum absolute atomic E-state index is 12.1. The van der Waals surface area contributed by atoms with E-state index >= 15 is 0 Å². The van der Waals surface area contributed by atoms with Crippen molar-refractivity contribution < 1.29 is 4.79 Å². The van der Waals surface area contributed by atoms with Gasteiger partial charge in [0.2, 0.25) is 0 Å². The number of piperazine rings is 1. The Bertz CT molecular complexity index is 677. The van der Waals surface area contributed by atoms with Crippen LogP contribution in [0.4, 0.5) is 4.79 Å². The zero-order valence-electron chi connectivity index (χ0n) is 12.7. The van der Waals surface area contributed by atoms with Crippen LogP contribution < -0.4 is 11.1 Å². The molecular formula is C17H19ClN4O. The summed E-state index contributed by atoms with van der Waals surface area (Å²) in [4.78, 5) is 18.0. The van der Waals surface area contributed by atoms with Gasteiger partial charge in [-0.15, -0.1) is 0 Å². The average Bonchev–Trinajstić information content (AvgIpc) is 2.56. The lowest BCUT2D eigenvalue weighted by molar-refractivity contribution is 0.0911. The molecule has 2 heterocycles. The van der Waals surface area contributed by atoms with Gasteiger partial charge >= 0.3 is 6.03 Å². The number of hydrogen-bond acceptors (Lipinski definition) is 3. The molecule has 0 saturated carbocycles. The number of carbonyl (C=O) groups excluding carboxylic acids is 1. The first-order valence-corrected chi connectivity index (χ1v) is 7.92. The number of aromatic nitrogens is 1. The molecule has 120 valence electrons. The normalized spacial score (nSPS) is 21.2. The van der Waals surface area contributed by atoms with Crippen molar-refractivity contribution in [3.05, 3.63) is 64.9 Å². The minimum absolute atomic E-state index is 0.412. The van der Waals surface area contributed by atoms with Crippen LogP contribution in [-0.2, 0) is 12.0 Å². The Morgan fingerprint density at radius 1 is 1.35 bits per heavy atom. The predicted octanol–water partition coefficient (Wildman–Crippen LogP) is 2.16. The summed E-state index contributed by atoms with van der Waals surface area (Å²) in [5, 5.41) is 4.06. The number of halogens is 1. The highest BCUT2D eigenvalue weighted by atomic mass is 35.5. The molecular weight excluding hydrogens is 312 g/mol. The topological polar surface area (TPSA) is 71.2 Å². The zero-order valence-corrected chi connectivity index (χ0v) is 13.5. The zero-order chi connectivity index (χ0) is 16.3. The van der Waals surface area contributed by atoms with Crippen LogP contribution in [0.25, 0.3) is 0 Å². The molecule has 0 aliphatic carbocycles. The highest BCUT2D eigenvalue weighted by molar-refractivity contribution is 6.30. The van der Waals surface area contributed by atoms with Crippen LogP contribution in [0.3, 0.4) is 0 Å². The molecule has 1 unspecified atom stereocenters. The second kappa shape index (κ2) is 6.56. The Balaban J connectivity index is 2.07. The Morgan fingerprint density at radius 3 is 2.78 bits per heavy atom. The SMILES string of the molecule is NC(=O)N1CCNCC1(Cc1cccnc1)c1ccc(Cl)cc1. The largest absolute Gasteiger partial charge is 0.351 e. The van der Waals surface area contributed by atoms with Crippen molar-refractivity contribution in [1.82, 2.24) is 15.2 Å². The van der Waals surface area contributed by atoms with Crippen LogP contribution in [0.2, 0.25) is 5.02 Å². The third-order valence-electron chi connectivity index (χ3n) is 4.31. The van der Waals surface area contributed by atoms with Gasteiger partial charge < -0.3 is 16.0 Å².